The maximum Gasteiger partial charge on any atom is 0.132 e. The molecule has 2 aliphatic rings. The SMILES string of the molecule is Cc1cc2ccccc2nc1N1C[C@@H]2CCCN[C@@H]2C1. The highest BCUT2D eigenvalue weighted by Crippen LogP contribution is 2.31. The van der Waals surface area contributed by atoms with Gasteiger partial charge in [0.15, 0.2) is 0 Å². The molecule has 0 bridgehead atoms. The molecule has 0 radical (unpaired) electrons. The Balaban J connectivity index is 1.70. The molecule has 0 unspecified atom stereocenters. The van der Waals surface area contributed by atoms with Crippen LogP contribution in [-0.2, 0) is 0 Å². The van der Waals surface area contributed by atoms with Crippen molar-refractivity contribution < 1.29 is 0 Å². The number of aromatic nitrogens is 1. The van der Waals surface area contributed by atoms with E-state index in [2.05, 4.69) is 47.5 Å². The standard InChI is InChI=1S/C17H21N3/c1-12-9-13-5-2-3-7-15(13)19-17(12)20-10-14-6-4-8-18-16(14)11-20/h2-3,5,7,9,14,16,18H,4,6,8,10-11H2,1H3/t14-,16+/m0/s1. The molecule has 3 heteroatoms. The molecule has 20 heavy (non-hydrogen) atoms. The Morgan fingerprint density at radius 1 is 1.25 bits per heavy atom. The van der Waals surface area contributed by atoms with Crippen LogP contribution in [0.5, 0.6) is 0 Å². The van der Waals surface area contributed by atoms with Crippen molar-refractivity contribution in [3.8, 4) is 0 Å². The lowest BCUT2D eigenvalue weighted by Gasteiger charge is -2.24. The third kappa shape index (κ3) is 1.97. The van der Waals surface area contributed by atoms with Gasteiger partial charge in [-0.15, -0.1) is 0 Å². The topological polar surface area (TPSA) is 28.2 Å². The Hall–Kier alpha value is -1.61. The van der Waals surface area contributed by atoms with Crippen molar-refractivity contribution in [3.05, 3.63) is 35.9 Å². The van der Waals surface area contributed by atoms with Crippen LogP contribution in [0, 0.1) is 12.8 Å². The fraction of sp³-hybridized carbons (Fsp3) is 0.471. The third-order valence-corrected chi connectivity index (χ3v) is 4.79. The summed E-state index contributed by atoms with van der Waals surface area (Å²) < 4.78 is 0. The van der Waals surface area contributed by atoms with Crippen molar-refractivity contribution in [2.75, 3.05) is 24.5 Å². The molecular formula is C17H21N3. The van der Waals surface area contributed by atoms with Gasteiger partial charge in [-0.2, -0.15) is 0 Å². The maximum absolute atomic E-state index is 4.91. The normalized spacial score (nSPS) is 25.9. The number of anilines is 1. The van der Waals surface area contributed by atoms with Crippen LogP contribution in [0.15, 0.2) is 30.3 Å². The molecule has 3 nitrogen and oxygen atoms in total. The van der Waals surface area contributed by atoms with Crippen LogP contribution in [0.25, 0.3) is 10.9 Å². The van der Waals surface area contributed by atoms with Gasteiger partial charge in [0.25, 0.3) is 0 Å². The Bertz CT molecular complexity index is 623. The van der Waals surface area contributed by atoms with E-state index in [1.165, 1.54) is 36.2 Å². The number of para-hydroxylation sites is 1. The zero-order valence-electron chi connectivity index (χ0n) is 12.0. The average Bonchev–Trinajstić information content (AvgIpc) is 2.90. The number of hydrogen-bond acceptors (Lipinski definition) is 3. The minimum absolute atomic E-state index is 0.663. The summed E-state index contributed by atoms with van der Waals surface area (Å²) in [4.78, 5) is 7.39. The van der Waals surface area contributed by atoms with Crippen molar-refractivity contribution >= 4 is 16.7 Å². The van der Waals surface area contributed by atoms with Gasteiger partial charge < -0.3 is 10.2 Å². The molecule has 1 aromatic carbocycles. The summed E-state index contributed by atoms with van der Waals surface area (Å²) in [5, 5.41) is 4.91. The molecule has 0 amide bonds. The highest BCUT2D eigenvalue weighted by Gasteiger charge is 2.35. The molecule has 104 valence electrons. The van der Waals surface area contributed by atoms with Crippen LogP contribution in [0.3, 0.4) is 0 Å². The van der Waals surface area contributed by atoms with E-state index in [0.717, 1.165) is 24.5 Å². The lowest BCUT2D eigenvalue weighted by atomic mass is 9.94. The largest absolute Gasteiger partial charge is 0.354 e. The fourth-order valence-electron chi connectivity index (χ4n) is 3.75. The first-order valence-electron chi connectivity index (χ1n) is 7.66. The Kier molecular flexibility index (Phi) is 2.88. The summed E-state index contributed by atoms with van der Waals surface area (Å²) in [5.41, 5.74) is 2.40. The predicted molar refractivity (Wildman–Crippen MR) is 83.2 cm³/mol. The zero-order valence-corrected chi connectivity index (χ0v) is 12.0. The molecule has 2 atom stereocenters. The lowest BCUT2D eigenvalue weighted by Crippen LogP contribution is -2.40. The minimum atomic E-state index is 0.663. The highest BCUT2D eigenvalue weighted by atomic mass is 15.2. The molecule has 1 N–H and O–H groups in total. The fourth-order valence-corrected chi connectivity index (χ4v) is 3.75. The monoisotopic (exact) mass is 267 g/mol. The number of nitrogens with one attached hydrogen (secondary N) is 1. The van der Waals surface area contributed by atoms with Gasteiger partial charge in [-0.25, -0.2) is 4.98 Å². The Labute approximate surface area is 120 Å². The molecule has 2 aromatic rings. The second-order valence-electron chi connectivity index (χ2n) is 6.19. The van der Waals surface area contributed by atoms with E-state index in [1.54, 1.807) is 0 Å². The highest BCUT2D eigenvalue weighted by molar-refractivity contribution is 5.81. The van der Waals surface area contributed by atoms with Gasteiger partial charge in [-0.1, -0.05) is 18.2 Å². The van der Waals surface area contributed by atoms with Gasteiger partial charge in [-0.05, 0) is 49.9 Å². The van der Waals surface area contributed by atoms with Crippen LogP contribution < -0.4 is 10.2 Å². The summed E-state index contributed by atoms with van der Waals surface area (Å²) in [6.07, 6.45) is 2.68. The first-order chi connectivity index (χ1) is 9.81. The van der Waals surface area contributed by atoms with Crippen molar-refractivity contribution in [1.82, 2.24) is 10.3 Å². The first kappa shape index (κ1) is 12.2. The molecule has 2 aliphatic heterocycles. The number of rotatable bonds is 1. The van der Waals surface area contributed by atoms with Gasteiger partial charge in [0, 0.05) is 24.5 Å². The second-order valence-corrected chi connectivity index (χ2v) is 6.19. The van der Waals surface area contributed by atoms with Gasteiger partial charge in [0.2, 0.25) is 0 Å². The zero-order chi connectivity index (χ0) is 13.5. The average molecular weight is 267 g/mol. The lowest BCUT2D eigenvalue weighted by molar-refractivity contribution is 0.340. The molecule has 0 spiro atoms. The van der Waals surface area contributed by atoms with Crippen molar-refractivity contribution in [1.29, 1.82) is 0 Å². The van der Waals surface area contributed by atoms with Gasteiger partial charge in [-0.3, -0.25) is 0 Å². The number of piperidine rings is 1. The van der Waals surface area contributed by atoms with Crippen LogP contribution in [-0.4, -0.2) is 30.7 Å². The summed E-state index contributed by atoms with van der Waals surface area (Å²) in [5.74, 6) is 1.98. The molecule has 4 rings (SSSR count). The van der Waals surface area contributed by atoms with Crippen molar-refractivity contribution in [2.24, 2.45) is 5.92 Å². The van der Waals surface area contributed by atoms with E-state index in [4.69, 9.17) is 4.98 Å². The van der Waals surface area contributed by atoms with E-state index < -0.39 is 0 Å². The number of benzene rings is 1. The molecule has 0 saturated carbocycles. The predicted octanol–water partition coefficient (Wildman–Crippen LogP) is 2.73. The molecular weight excluding hydrogens is 246 g/mol. The van der Waals surface area contributed by atoms with E-state index >= 15 is 0 Å². The molecule has 1 aromatic heterocycles. The van der Waals surface area contributed by atoms with Crippen molar-refractivity contribution in [2.45, 2.75) is 25.8 Å². The third-order valence-electron chi connectivity index (χ3n) is 4.79. The number of pyridine rings is 1. The van der Waals surface area contributed by atoms with E-state index in [1.807, 2.05) is 0 Å². The molecule has 2 fully saturated rings. The van der Waals surface area contributed by atoms with Crippen LogP contribution >= 0.6 is 0 Å². The first-order valence-corrected chi connectivity index (χ1v) is 7.66. The maximum atomic E-state index is 4.91. The summed E-state index contributed by atoms with van der Waals surface area (Å²) in [6, 6.07) is 11.3. The van der Waals surface area contributed by atoms with Gasteiger partial charge in [0.05, 0.1) is 5.52 Å². The van der Waals surface area contributed by atoms with E-state index in [-0.39, 0.29) is 0 Å². The Morgan fingerprint density at radius 2 is 2.15 bits per heavy atom. The van der Waals surface area contributed by atoms with Gasteiger partial charge in [0.1, 0.15) is 5.82 Å². The van der Waals surface area contributed by atoms with Gasteiger partial charge >= 0.3 is 0 Å². The molecule has 0 aliphatic carbocycles. The van der Waals surface area contributed by atoms with E-state index in [0.29, 0.717) is 6.04 Å². The quantitative estimate of drug-likeness (QED) is 0.861. The smallest absolute Gasteiger partial charge is 0.132 e. The van der Waals surface area contributed by atoms with Crippen LogP contribution in [0.2, 0.25) is 0 Å². The van der Waals surface area contributed by atoms with Crippen LogP contribution in [0.1, 0.15) is 18.4 Å². The number of fused-ring (bicyclic) bond motifs is 2. The van der Waals surface area contributed by atoms with E-state index in [9.17, 15) is 0 Å². The number of hydrogen-bond donors (Lipinski definition) is 1. The summed E-state index contributed by atoms with van der Waals surface area (Å²) in [7, 11) is 0. The summed E-state index contributed by atoms with van der Waals surface area (Å²) in [6.45, 7) is 5.63. The molecule has 2 saturated heterocycles. The molecule has 3 heterocycles. The Morgan fingerprint density at radius 3 is 3.05 bits per heavy atom. The number of nitrogens with zero attached hydrogens (tertiary/aromatic N) is 2. The van der Waals surface area contributed by atoms with Crippen LogP contribution in [0.4, 0.5) is 5.82 Å². The number of aryl methyl sites for hydroxylation is 1. The van der Waals surface area contributed by atoms with Crippen molar-refractivity contribution in [3.63, 3.8) is 0 Å². The summed E-state index contributed by atoms with van der Waals surface area (Å²) >= 11 is 0. The second kappa shape index (κ2) is 4.74. The minimum Gasteiger partial charge on any atom is -0.354 e.